The summed E-state index contributed by atoms with van der Waals surface area (Å²) < 4.78 is 11.4. The fraction of sp³-hybridized carbons (Fsp3) is 0.226. The number of hydrogen-bond acceptors (Lipinski definition) is 6. The minimum atomic E-state index is -0.439. The standard InChI is InChI=1S/C31H30N4O4S/c1-18(2)29(36)33-23-13-12-20(17-19(23)3)35-28(27(34-31(35)40)24-11-7-8-16-32-24)26-15-14-25(39-26)21-9-5-6-10-22(21)30(37)38-4/h5-18,27-28H,1-4H3,(H,33,36)(H,34,40)/t27-,28+/m1/s1. The van der Waals surface area contributed by atoms with Gasteiger partial charge in [0.2, 0.25) is 5.91 Å². The van der Waals surface area contributed by atoms with Crippen LogP contribution in [-0.4, -0.2) is 29.1 Å². The molecule has 0 saturated carbocycles. The van der Waals surface area contributed by atoms with E-state index in [2.05, 4.69) is 15.6 Å². The number of aromatic nitrogens is 1. The van der Waals surface area contributed by atoms with Gasteiger partial charge in [-0.2, -0.15) is 0 Å². The Morgan fingerprint density at radius 2 is 1.85 bits per heavy atom. The average molecular weight is 555 g/mol. The van der Waals surface area contributed by atoms with Crippen LogP contribution < -0.4 is 15.5 Å². The fourth-order valence-electron chi connectivity index (χ4n) is 4.78. The van der Waals surface area contributed by atoms with Crippen molar-refractivity contribution in [3.05, 3.63) is 102 Å². The Morgan fingerprint density at radius 1 is 1.07 bits per heavy atom. The van der Waals surface area contributed by atoms with Gasteiger partial charge >= 0.3 is 5.97 Å². The molecule has 2 aromatic heterocycles. The van der Waals surface area contributed by atoms with Crippen molar-refractivity contribution in [2.75, 3.05) is 17.3 Å². The van der Waals surface area contributed by atoms with Crippen LogP contribution in [0.4, 0.5) is 11.4 Å². The number of hydrogen-bond donors (Lipinski definition) is 2. The summed E-state index contributed by atoms with van der Waals surface area (Å²) in [7, 11) is 1.36. The van der Waals surface area contributed by atoms with Crippen LogP contribution in [0.5, 0.6) is 0 Å². The van der Waals surface area contributed by atoms with E-state index in [4.69, 9.17) is 21.4 Å². The number of rotatable bonds is 7. The van der Waals surface area contributed by atoms with Gasteiger partial charge in [0.1, 0.15) is 17.6 Å². The first-order chi connectivity index (χ1) is 19.3. The highest BCUT2D eigenvalue weighted by atomic mass is 32.1. The number of ether oxygens (including phenoxy) is 1. The predicted octanol–water partition coefficient (Wildman–Crippen LogP) is 6.21. The second-order valence-corrected chi connectivity index (χ2v) is 10.3. The number of nitrogens with zero attached hydrogens (tertiary/aromatic N) is 2. The molecule has 0 radical (unpaired) electrons. The molecule has 8 nitrogen and oxygen atoms in total. The molecule has 1 amide bonds. The first-order valence-corrected chi connectivity index (χ1v) is 13.4. The van der Waals surface area contributed by atoms with Crippen molar-refractivity contribution in [3.63, 3.8) is 0 Å². The number of carbonyl (C=O) groups is 2. The van der Waals surface area contributed by atoms with Crippen molar-refractivity contribution < 1.29 is 18.7 Å². The number of pyridine rings is 1. The summed E-state index contributed by atoms with van der Waals surface area (Å²) in [5.74, 6) is 0.572. The lowest BCUT2D eigenvalue weighted by Gasteiger charge is -2.27. The molecule has 1 aliphatic heterocycles. The summed E-state index contributed by atoms with van der Waals surface area (Å²) in [6, 6.07) is 21.8. The number of furan rings is 1. The van der Waals surface area contributed by atoms with Gasteiger partial charge in [-0.25, -0.2) is 4.79 Å². The van der Waals surface area contributed by atoms with Crippen LogP contribution in [0.15, 0.2) is 83.4 Å². The molecule has 3 heterocycles. The van der Waals surface area contributed by atoms with E-state index in [1.165, 1.54) is 7.11 Å². The Balaban J connectivity index is 1.57. The molecule has 4 aromatic rings. The quantitative estimate of drug-likeness (QED) is 0.206. The SMILES string of the molecule is COC(=O)c1ccccc1-c1ccc([C@H]2[C@@H](c3ccccn3)NC(=S)N2c2ccc(NC(=O)C(C)C)c(C)c2)o1. The molecule has 2 N–H and O–H groups in total. The summed E-state index contributed by atoms with van der Waals surface area (Å²) in [5, 5.41) is 6.93. The highest BCUT2D eigenvalue weighted by molar-refractivity contribution is 7.80. The molecular formula is C31H30N4O4S. The van der Waals surface area contributed by atoms with Crippen LogP contribution in [0.3, 0.4) is 0 Å². The molecule has 2 atom stereocenters. The fourth-order valence-corrected chi connectivity index (χ4v) is 5.13. The van der Waals surface area contributed by atoms with Gasteiger partial charge in [-0.15, -0.1) is 0 Å². The van der Waals surface area contributed by atoms with Crippen LogP contribution in [-0.2, 0) is 9.53 Å². The number of carbonyl (C=O) groups excluding carboxylic acids is 2. The van der Waals surface area contributed by atoms with Gasteiger partial charge < -0.3 is 24.7 Å². The lowest BCUT2D eigenvalue weighted by molar-refractivity contribution is -0.118. The molecule has 9 heteroatoms. The van der Waals surface area contributed by atoms with E-state index in [9.17, 15) is 9.59 Å². The summed E-state index contributed by atoms with van der Waals surface area (Å²) in [6.45, 7) is 5.67. The zero-order valence-corrected chi connectivity index (χ0v) is 23.5. The zero-order chi connectivity index (χ0) is 28.4. The molecule has 1 fully saturated rings. The highest BCUT2D eigenvalue weighted by Crippen LogP contribution is 2.43. The van der Waals surface area contributed by atoms with Gasteiger partial charge in [0.05, 0.1) is 24.4 Å². The molecular weight excluding hydrogens is 524 g/mol. The number of anilines is 2. The van der Waals surface area contributed by atoms with Crippen LogP contribution in [0.2, 0.25) is 0 Å². The molecule has 0 aliphatic carbocycles. The van der Waals surface area contributed by atoms with E-state index in [1.54, 1.807) is 18.3 Å². The van der Waals surface area contributed by atoms with Gasteiger partial charge in [0.25, 0.3) is 0 Å². The van der Waals surface area contributed by atoms with E-state index in [-0.39, 0.29) is 23.9 Å². The van der Waals surface area contributed by atoms with Gasteiger partial charge in [-0.1, -0.05) is 38.1 Å². The van der Waals surface area contributed by atoms with Crippen molar-refractivity contribution >= 4 is 40.6 Å². The Bertz CT molecular complexity index is 1570. The highest BCUT2D eigenvalue weighted by Gasteiger charge is 2.42. The lowest BCUT2D eigenvalue weighted by Crippen LogP contribution is -2.29. The van der Waals surface area contributed by atoms with E-state index in [0.717, 1.165) is 22.6 Å². The predicted molar refractivity (Wildman–Crippen MR) is 158 cm³/mol. The first kappa shape index (κ1) is 27.1. The third-order valence-electron chi connectivity index (χ3n) is 6.88. The number of esters is 1. The average Bonchev–Trinajstić information content (AvgIpc) is 3.58. The first-order valence-electron chi connectivity index (χ1n) is 13.0. The Morgan fingerprint density at radius 3 is 2.55 bits per heavy atom. The number of amides is 1. The van der Waals surface area contributed by atoms with Crippen molar-refractivity contribution in [3.8, 4) is 11.3 Å². The summed E-state index contributed by atoms with van der Waals surface area (Å²) in [6.07, 6.45) is 1.75. The topological polar surface area (TPSA) is 96.7 Å². The zero-order valence-electron chi connectivity index (χ0n) is 22.7. The molecule has 0 unspecified atom stereocenters. The number of aryl methyl sites for hydroxylation is 1. The van der Waals surface area contributed by atoms with Crippen LogP contribution in [0.25, 0.3) is 11.3 Å². The molecule has 1 saturated heterocycles. The molecule has 204 valence electrons. The third kappa shape index (κ3) is 5.20. The summed E-state index contributed by atoms with van der Waals surface area (Å²) in [5.41, 5.74) is 4.35. The van der Waals surface area contributed by atoms with Gasteiger partial charge in [-0.05, 0) is 73.2 Å². The Kier molecular flexibility index (Phi) is 7.66. The van der Waals surface area contributed by atoms with E-state index in [0.29, 0.717) is 27.8 Å². The van der Waals surface area contributed by atoms with E-state index in [1.807, 2.05) is 86.3 Å². The summed E-state index contributed by atoms with van der Waals surface area (Å²) >= 11 is 5.84. The molecule has 5 rings (SSSR count). The van der Waals surface area contributed by atoms with Crippen LogP contribution in [0, 0.1) is 12.8 Å². The number of methoxy groups -OCH3 is 1. The van der Waals surface area contributed by atoms with Crippen molar-refractivity contribution in [2.45, 2.75) is 32.9 Å². The maximum absolute atomic E-state index is 12.4. The van der Waals surface area contributed by atoms with Gasteiger partial charge in [-0.3, -0.25) is 9.78 Å². The second-order valence-electron chi connectivity index (χ2n) is 9.88. The largest absolute Gasteiger partial charge is 0.465 e. The lowest BCUT2D eigenvalue weighted by atomic mass is 10.0. The monoisotopic (exact) mass is 554 g/mol. The van der Waals surface area contributed by atoms with Gasteiger partial charge in [0, 0.05) is 29.1 Å². The summed E-state index contributed by atoms with van der Waals surface area (Å²) in [4.78, 5) is 31.3. The van der Waals surface area contributed by atoms with Gasteiger partial charge in [0.15, 0.2) is 5.11 Å². The number of benzene rings is 2. The minimum absolute atomic E-state index is 0.0438. The molecule has 40 heavy (non-hydrogen) atoms. The normalized spacial score (nSPS) is 16.6. The van der Waals surface area contributed by atoms with E-state index < -0.39 is 5.97 Å². The maximum atomic E-state index is 12.4. The number of thiocarbonyl (C=S) groups is 1. The Hall–Kier alpha value is -4.50. The third-order valence-corrected chi connectivity index (χ3v) is 7.20. The van der Waals surface area contributed by atoms with Crippen molar-refractivity contribution in [1.29, 1.82) is 0 Å². The van der Waals surface area contributed by atoms with Crippen LogP contribution >= 0.6 is 12.2 Å². The Labute approximate surface area is 238 Å². The number of nitrogens with one attached hydrogen (secondary N) is 2. The molecule has 2 aromatic carbocycles. The van der Waals surface area contributed by atoms with E-state index >= 15 is 0 Å². The maximum Gasteiger partial charge on any atom is 0.338 e. The minimum Gasteiger partial charge on any atom is -0.465 e. The molecule has 0 bridgehead atoms. The van der Waals surface area contributed by atoms with Crippen LogP contribution in [0.1, 0.15) is 53.3 Å². The second kappa shape index (κ2) is 11.3. The van der Waals surface area contributed by atoms with Crippen molar-refractivity contribution in [1.82, 2.24) is 10.3 Å². The smallest absolute Gasteiger partial charge is 0.338 e. The van der Waals surface area contributed by atoms with Crippen molar-refractivity contribution in [2.24, 2.45) is 5.92 Å². The molecule has 1 aliphatic rings. The molecule has 0 spiro atoms.